The van der Waals surface area contributed by atoms with E-state index in [-0.39, 0.29) is 28.3 Å². The van der Waals surface area contributed by atoms with Crippen LogP contribution < -0.4 is 10.5 Å². The van der Waals surface area contributed by atoms with Gasteiger partial charge in [-0.3, -0.25) is 30.3 Å². The zero-order valence-corrected chi connectivity index (χ0v) is 24.6. The lowest BCUT2D eigenvalue weighted by Crippen LogP contribution is -2.24. The maximum atomic E-state index is 12.4. The molecule has 0 fully saturated rings. The molecule has 5 aromatic rings. The normalized spacial score (nSPS) is 11.2. The van der Waals surface area contributed by atoms with E-state index in [2.05, 4.69) is 0 Å². The lowest BCUT2D eigenvalue weighted by molar-refractivity contribution is -0.385. The Bertz CT molecular complexity index is 1950. The molecule has 5 aromatic carbocycles. The van der Waals surface area contributed by atoms with Gasteiger partial charge in [-0.2, -0.15) is 0 Å². The Morgan fingerprint density at radius 2 is 1.16 bits per heavy atom. The van der Waals surface area contributed by atoms with Crippen molar-refractivity contribution in [2.24, 2.45) is 0 Å². The Kier molecular flexibility index (Phi) is 8.02. The number of para-hydroxylation sites is 1. The molecule has 0 amide bonds. The molecule has 11 heteroatoms. The van der Waals surface area contributed by atoms with Crippen LogP contribution in [-0.2, 0) is 0 Å². The van der Waals surface area contributed by atoms with Crippen molar-refractivity contribution >= 4 is 22.7 Å². The Morgan fingerprint density at radius 1 is 0.578 bits per heavy atom. The highest BCUT2D eigenvalue weighted by atomic mass is 16.6. The molecule has 226 valence electrons. The van der Waals surface area contributed by atoms with Crippen molar-refractivity contribution in [3.63, 3.8) is 0 Å². The average Bonchev–Trinajstić information content (AvgIpc) is 3.00. The first-order valence-corrected chi connectivity index (χ1v) is 13.8. The molecule has 0 spiro atoms. The van der Waals surface area contributed by atoms with E-state index in [4.69, 9.17) is 10.5 Å². The van der Waals surface area contributed by atoms with Crippen molar-refractivity contribution in [3.05, 3.63) is 133 Å². The van der Waals surface area contributed by atoms with Crippen molar-refractivity contribution in [2.75, 3.05) is 5.73 Å². The van der Waals surface area contributed by atoms with E-state index in [1.807, 2.05) is 51.1 Å². The molecule has 45 heavy (non-hydrogen) atoms. The summed E-state index contributed by atoms with van der Waals surface area (Å²) >= 11 is 0. The van der Waals surface area contributed by atoms with Gasteiger partial charge in [0.15, 0.2) is 0 Å². The summed E-state index contributed by atoms with van der Waals surface area (Å²) in [5, 5.41) is 35.7. The second-order valence-electron chi connectivity index (χ2n) is 11.2. The van der Waals surface area contributed by atoms with Crippen molar-refractivity contribution in [3.8, 4) is 50.3 Å². The van der Waals surface area contributed by atoms with Gasteiger partial charge in [-0.15, -0.1) is 0 Å². The first kappa shape index (κ1) is 30.4. The summed E-state index contributed by atoms with van der Waals surface area (Å²) < 4.78 is 6.65. The highest BCUT2D eigenvalue weighted by molar-refractivity contribution is 6.10. The van der Waals surface area contributed by atoms with Crippen LogP contribution in [0.2, 0.25) is 0 Å². The minimum Gasteiger partial charge on any atom is -0.487 e. The summed E-state index contributed by atoms with van der Waals surface area (Å²) in [6, 6.07) is 27.0. The number of ether oxygens (including phenoxy) is 1. The number of nitrogen functional groups attached to an aromatic ring is 1. The van der Waals surface area contributed by atoms with E-state index < -0.39 is 20.4 Å². The summed E-state index contributed by atoms with van der Waals surface area (Å²) in [5.41, 5.74) is 9.02. The molecule has 0 saturated carbocycles. The van der Waals surface area contributed by atoms with E-state index in [0.717, 1.165) is 0 Å². The second-order valence-corrected chi connectivity index (χ2v) is 11.2. The Balaban J connectivity index is 2.08. The molecule has 0 aromatic heterocycles. The maximum absolute atomic E-state index is 12.4. The molecule has 0 atom stereocenters. The number of non-ortho nitro benzene ring substituents is 2. The summed E-state index contributed by atoms with van der Waals surface area (Å²) in [6.07, 6.45) is 0. The largest absolute Gasteiger partial charge is 0.487 e. The first-order chi connectivity index (χ1) is 21.4. The van der Waals surface area contributed by atoms with Crippen LogP contribution >= 0.6 is 0 Å². The highest BCUT2D eigenvalue weighted by Crippen LogP contribution is 2.56. The van der Waals surface area contributed by atoms with Gasteiger partial charge in [0.2, 0.25) is 0 Å². The van der Waals surface area contributed by atoms with Gasteiger partial charge in [0.1, 0.15) is 11.4 Å². The molecule has 0 aliphatic heterocycles. The van der Waals surface area contributed by atoms with Crippen LogP contribution in [0, 0.1) is 30.3 Å². The molecule has 11 nitrogen and oxygen atoms in total. The Labute approximate surface area is 258 Å². The molecule has 0 saturated heterocycles. The summed E-state index contributed by atoms with van der Waals surface area (Å²) in [7, 11) is 0. The van der Waals surface area contributed by atoms with Crippen molar-refractivity contribution in [2.45, 2.75) is 26.4 Å². The second kappa shape index (κ2) is 11.9. The number of nitro groups is 3. The number of rotatable bonds is 8. The van der Waals surface area contributed by atoms with Crippen LogP contribution in [0.4, 0.5) is 22.7 Å². The Hall–Kier alpha value is -6.10. The van der Waals surface area contributed by atoms with Gasteiger partial charge in [0.05, 0.1) is 26.0 Å². The van der Waals surface area contributed by atoms with E-state index in [1.54, 1.807) is 36.4 Å². The van der Waals surface area contributed by atoms with Gasteiger partial charge in [0, 0.05) is 52.6 Å². The predicted molar refractivity (Wildman–Crippen MR) is 173 cm³/mol. The van der Waals surface area contributed by atoms with Crippen LogP contribution in [0.5, 0.6) is 5.75 Å². The molecule has 5 rings (SSSR count). The van der Waals surface area contributed by atoms with Gasteiger partial charge in [-0.25, -0.2) is 0 Å². The number of anilines is 1. The topological polar surface area (TPSA) is 165 Å². The number of nitro benzene ring substituents is 3. The molecular weight excluding hydrogens is 576 g/mol. The standard InChI is InChI=1S/C34H28N4O7/c1-34(2,3)45-33-29(21-10-5-4-6-11-21)31(26-14-7-8-15-27(26)38(43)44)28(23-12-9-13-25(20-23)37(41)42)32(35)30(33)22-16-18-24(19-17-22)36(39)40/h4-20H,35H2,1-3H3. The maximum Gasteiger partial charge on any atom is 0.277 e. The number of hydrogen-bond acceptors (Lipinski definition) is 8. The van der Waals surface area contributed by atoms with Crippen LogP contribution in [0.25, 0.3) is 44.5 Å². The molecule has 0 heterocycles. The molecule has 0 aliphatic rings. The van der Waals surface area contributed by atoms with Crippen LogP contribution in [-0.4, -0.2) is 20.4 Å². The minimum atomic E-state index is -0.793. The van der Waals surface area contributed by atoms with Crippen LogP contribution in [0.3, 0.4) is 0 Å². The molecule has 0 aliphatic carbocycles. The molecule has 0 unspecified atom stereocenters. The molecule has 0 bridgehead atoms. The number of nitrogens with two attached hydrogens (primary N) is 1. The quantitative estimate of drug-likeness (QED) is 0.104. The fourth-order valence-corrected chi connectivity index (χ4v) is 5.26. The average molecular weight is 605 g/mol. The van der Waals surface area contributed by atoms with E-state index in [1.165, 1.54) is 36.4 Å². The van der Waals surface area contributed by atoms with Gasteiger partial charge < -0.3 is 10.5 Å². The fourth-order valence-electron chi connectivity index (χ4n) is 5.26. The monoisotopic (exact) mass is 604 g/mol. The van der Waals surface area contributed by atoms with Crippen LogP contribution in [0.15, 0.2) is 103 Å². The first-order valence-electron chi connectivity index (χ1n) is 13.8. The third-order valence-electron chi connectivity index (χ3n) is 7.05. The SMILES string of the molecule is CC(C)(C)Oc1c(-c2ccc([N+](=O)[O-])cc2)c(N)c(-c2cccc([N+](=O)[O-])c2)c(-c2ccccc2[N+](=O)[O-])c1-c1ccccc1. The minimum absolute atomic E-state index is 0.122. The lowest BCUT2D eigenvalue weighted by atomic mass is 9.81. The highest BCUT2D eigenvalue weighted by Gasteiger charge is 2.32. The fraction of sp³-hybridized carbons (Fsp3) is 0.118. The van der Waals surface area contributed by atoms with E-state index in [0.29, 0.717) is 44.7 Å². The third-order valence-corrected chi connectivity index (χ3v) is 7.05. The molecular formula is C34H28N4O7. The van der Waals surface area contributed by atoms with Crippen molar-refractivity contribution in [1.82, 2.24) is 0 Å². The van der Waals surface area contributed by atoms with Gasteiger partial charge in [-0.1, -0.05) is 54.6 Å². The van der Waals surface area contributed by atoms with Crippen molar-refractivity contribution in [1.29, 1.82) is 0 Å². The van der Waals surface area contributed by atoms with E-state index in [9.17, 15) is 30.3 Å². The van der Waals surface area contributed by atoms with E-state index >= 15 is 0 Å². The van der Waals surface area contributed by atoms with Gasteiger partial charge in [-0.05, 0) is 55.7 Å². The zero-order valence-electron chi connectivity index (χ0n) is 24.6. The Morgan fingerprint density at radius 3 is 1.76 bits per heavy atom. The smallest absolute Gasteiger partial charge is 0.277 e. The van der Waals surface area contributed by atoms with Gasteiger partial charge in [0.25, 0.3) is 17.1 Å². The number of nitrogens with zero attached hydrogens (tertiary/aromatic N) is 3. The summed E-state index contributed by atoms with van der Waals surface area (Å²) in [5.74, 6) is 0.294. The molecule has 0 radical (unpaired) electrons. The number of hydrogen-bond donors (Lipinski definition) is 1. The predicted octanol–water partition coefficient (Wildman–Crippen LogP) is 8.84. The van der Waals surface area contributed by atoms with Gasteiger partial charge >= 0.3 is 0 Å². The summed E-state index contributed by atoms with van der Waals surface area (Å²) in [4.78, 5) is 34.2. The van der Waals surface area contributed by atoms with Crippen LogP contribution in [0.1, 0.15) is 20.8 Å². The lowest BCUT2D eigenvalue weighted by Gasteiger charge is -2.30. The third kappa shape index (κ3) is 6.04. The van der Waals surface area contributed by atoms with Crippen molar-refractivity contribution < 1.29 is 19.5 Å². The number of benzene rings is 5. The zero-order chi connectivity index (χ0) is 32.5. The molecule has 2 N–H and O–H groups in total. The summed E-state index contributed by atoms with van der Waals surface area (Å²) in [6.45, 7) is 5.53.